The third kappa shape index (κ3) is 26.5. The Kier molecular flexibility index (Phi) is 41.5. The Morgan fingerprint density at radius 2 is 1.45 bits per heavy atom. The van der Waals surface area contributed by atoms with E-state index in [1.807, 2.05) is 44.0 Å². The minimum absolute atomic E-state index is 0. The first-order valence-corrected chi connectivity index (χ1v) is 46.0. The van der Waals surface area contributed by atoms with E-state index < -0.39 is 98.7 Å². The molecule has 730 valence electrons. The van der Waals surface area contributed by atoms with Crippen molar-refractivity contribution in [3.8, 4) is 5.75 Å². The highest BCUT2D eigenvalue weighted by molar-refractivity contribution is 8.76. The molecule has 4 fully saturated rings. The fourth-order valence-electron chi connectivity index (χ4n) is 19.8. The second-order valence-electron chi connectivity index (χ2n) is 33.7. The number of rotatable bonds is 38. The molecular weight excluding hydrogens is 1800 g/mol. The van der Waals surface area contributed by atoms with E-state index in [1.165, 1.54) is 27.8 Å². The molecule has 5 amide bonds. The lowest BCUT2D eigenvalue weighted by atomic mass is 9.46. The number of aromatic nitrogens is 5. The first-order valence-electron chi connectivity index (χ1n) is 43.6. The monoisotopic (exact) mass is 1920 g/mol. The van der Waals surface area contributed by atoms with Crippen LogP contribution in [-0.2, 0) is 115 Å². The number of Topliss-reactive ketones (excluding diaryl/α,β-unsaturated/α-hetero) is 3. The number of guanidine groups is 1. The number of hydrazine groups is 1. The van der Waals surface area contributed by atoms with Gasteiger partial charge >= 0.3 is 36.9 Å². The van der Waals surface area contributed by atoms with Gasteiger partial charge in [-0.1, -0.05) is 67.5 Å². The first kappa shape index (κ1) is 109. The van der Waals surface area contributed by atoms with Crippen LogP contribution >= 0.6 is 21.6 Å². The number of ketones is 3. The number of H-pyrrole nitrogens is 2. The summed E-state index contributed by atoms with van der Waals surface area (Å²) in [6.07, 6.45) is 5.44. The van der Waals surface area contributed by atoms with Gasteiger partial charge < -0.3 is 77.9 Å². The van der Waals surface area contributed by atoms with Gasteiger partial charge in [-0.15, -0.1) is 0 Å². The Bertz CT molecular complexity index is 5380. The van der Waals surface area contributed by atoms with Crippen LogP contribution in [0.3, 0.4) is 0 Å². The largest absolute Gasteiger partial charge is 0.496 e. The van der Waals surface area contributed by atoms with Crippen LogP contribution in [0.4, 0.5) is 22.1 Å². The van der Waals surface area contributed by atoms with E-state index in [0.717, 1.165) is 39.8 Å². The normalized spacial score (nSPS) is 22.5. The van der Waals surface area contributed by atoms with Crippen LogP contribution in [0.15, 0.2) is 76.6 Å². The van der Waals surface area contributed by atoms with E-state index in [9.17, 15) is 58.5 Å². The van der Waals surface area contributed by atoms with Gasteiger partial charge in [-0.25, -0.2) is 20.2 Å². The second-order valence-corrected chi connectivity index (χ2v) is 36.4. The van der Waals surface area contributed by atoms with Crippen molar-refractivity contribution in [1.29, 1.82) is 0 Å². The van der Waals surface area contributed by atoms with Crippen molar-refractivity contribution in [1.82, 2.24) is 61.5 Å². The summed E-state index contributed by atoms with van der Waals surface area (Å²) < 4.78 is 18.0. The summed E-state index contributed by atoms with van der Waals surface area (Å²) in [6, 6.07) is 15.6. The number of fused-ring (bicyclic) bond motifs is 7. The number of para-hydroxylation sites is 1. The quantitative estimate of drug-likeness (QED) is 0.00658. The highest BCUT2D eigenvalue weighted by Gasteiger charge is 2.79. The highest BCUT2D eigenvalue weighted by Crippen LogP contribution is 2.68. The maximum absolute atomic E-state index is 15.3. The van der Waals surface area contributed by atoms with Crippen LogP contribution in [0.2, 0.25) is 0 Å². The number of ether oxygens (including phenoxy) is 3. The lowest BCUT2D eigenvalue weighted by Gasteiger charge is -2.64. The molecule has 46 heteroatoms. The molecule has 2 bridgehead atoms. The molecule has 6 aromatic rings. The molecule has 8 heterocycles. The Morgan fingerprint density at radius 3 is 2.12 bits per heavy atom. The van der Waals surface area contributed by atoms with Crippen LogP contribution in [-0.4, -0.2) is 266 Å². The average molecular weight is 1920 g/mol. The zero-order valence-corrected chi connectivity index (χ0v) is 77.4. The summed E-state index contributed by atoms with van der Waals surface area (Å²) in [7, 11) is 6.26. The number of carbonyl (C=O) groups excluding carboxylic acids is 19. The molecule has 6 aliphatic rings. The number of benzene rings is 3. The lowest BCUT2D eigenvalue weighted by Crippen LogP contribution is -2.82. The third-order valence-corrected chi connectivity index (χ3v) is 28.0. The number of piperidine rings is 2. The predicted molar refractivity (Wildman–Crippen MR) is 483 cm³/mol. The summed E-state index contributed by atoms with van der Waals surface area (Å²) in [5.74, 6) is -4.02. The summed E-state index contributed by atoms with van der Waals surface area (Å²) in [4.78, 5) is 245. The number of carbonyl (C=O) groups is 9. The molecule has 0 radical (unpaired) electrons. The topological polar surface area (TPSA) is 672 Å². The number of aliphatic imine (C=N–C) groups is 1. The predicted octanol–water partition coefficient (Wildman–Crippen LogP) is 1.95. The molecule has 1 aliphatic carbocycles. The second kappa shape index (κ2) is 51.4. The molecule has 14 atom stereocenters. The lowest BCUT2D eigenvalue weighted by molar-refractivity contribution is -0.222. The van der Waals surface area contributed by atoms with Crippen LogP contribution in [0.1, 0.15) is 171 Å². The van der Waals surface area contributed by atoms with Crippen LogP contribution < -0.4 is 64.5 Å². The van der Waals surface area contributed by atoms with E-state index in [1.54, 1.807) is 52.1 Å². The van der Waals surface area contributed by atoms with Gasteiger partial charge in [0.2, 0.25) is 17.8 Å². The van der Waals surface area contributed by atoms with E-state index in [0.29, 0.717) is 143 Å². The van der Waals surface area contributed by atoms with Gasteiger partial charge in [0.1, 0.15) is 30.9 Å². The molecular formula is C89H116N18O26S2. The molecule has 3 aromatic heterocycles. The molecule has 3 saturated heterocycles. The number of aliphatic hydroxyl groups excluding tert-OH is 1. The number of likely N-dealkylation sites (N-methyl/N-ethyl adjacent to an activating group) is 1. The fourth-order valence-corrected chi connectivity index (χ4v) is 21.8. The van der Waals surface area contributed by atoms with Crippen LogP contribution in [0.5, 0.6) is 5.75 Å². The molecule has 3 aromatic carbocycles. The summed E-state index contributed by atoms with van der Waals surface area (Å²) in [5, 5.41) is 51.5. The number of hydrogen-bond donors (Lipinski definition) is 14. The van der Waals surface area contributed by atoms with Crippen molar-refractivity contribution < 1.29 is 122 Å². The van der Waals surface area contributed by atoms with E-state index in [2.05, 4.69) is 90.0 Å². The SMILES string of the molecule is CC[C@]1(O)C[C@H]2CN(CCc3c([nH]c4ccccc34)[C@@](COC=O)(c3cc4c(cc3OC)N(C)[C@H]3[C@@](O)(C(=O)NNC(=O)OCCSSCCCC(=O)[C@H](C)NC(=O)[C@H](C)CC(=O)[C@@H](CCCN=C(N)N)NC(=O)[C@H](C)CC(=O)CCCNC(=O)c5ccc(NCc6cnc7nc(N)[nH]c(=O)c7n6)cc5)[C@H](O)[C@]5(CC)CCCN6CC[C@]43[C@@H]65)C2)C1.O=C=O.O=C=O.O=C=O.O=C=O.O=C=O.[2HH]. The van der Waals surface area contributed by atoms with E-state index in [-0.39, 0.29) is 150 Å². The van der Waals surface area contributed by atoms with Crippen molar-refractivity contribution in [3.05, 3.63) is 111 Å². The van der Waals surface area contributed by atoms with Crippen molar-refractivity contribution in [2.75, 3.05) is 101 Å². The molecule has 1 spiro atoms. The molecule has 12 rings (SSSR count). The van der Waals surface area contributed by atoms with E-state index >= 15 is 4.79 Å². The number of hydrogen-bond acceptors (Lipinski definition) is 37. The standard InChI is InChI=1S/C84H114N18O16S2.5CO2.H2/c1-8-80(114)40-51-41-82(46-117-47-103,67-57(25-31-101(44-51)45-80)56-17-10-11-18-60(56)94-67)59-38-58-62(39-65(59)116-7)100(6)74-83(58)27-32-102-30-15-26-81(9-2,73(83)102)75(111)84(74,115)76(112)98-99-79(113)118-33-35-120-119-34-14-20-63(105)50(5)92-69(107)49(4)37-64(106)61(19-13-29-89-77(85)86)95-70(108)48(3)36-55(104)16-12-28-88-71(109)52-21-23-53(24-22-52)90-42-54-43-91-68-66(93-54)72(110)97-78(87)96-68;5*2-1-3;/h10-11,17-18,21-24,38-39,43,47-51,61,73-75,90,94,111,114-115H,8-9,12-16,19-20,25-37,40-42,44-46H2,1-7H3,(H,88,109)(H,92,107)(H,95,108)(H,98,112)(H,99,113)(H4,85,86,89)(H3,87,91,96,97,110);;;;;;1H/t48-,49-,50+,51-,61-,73+,74-,75-,80+,81-,82+,83-,84+;;;;;;/m1....../s1/i;;;;;;1+1. The van der Waals surface area contributed by atoms with Crippen LogP contribution in [0, 0.1) is 23.2 Å². The van der Waals surface area contributed by atoms with Gasteiger partial charge in [-0.05, 0) is 151 Å². The Hall–Kier alpha value is -13.1. The Labute approximate surface area is 784 Å². The molecule has 44 nitrogen and oxygen atoms in total. The van der Waals surface area contributed by atoms with Crippen molar-refractivity contribution in [2.24, 2.45) is 39.6 Å². The molecule has 135 heavy (non-hydrogen) atoms. The fraction of sp³-hybridized carbons (Fsp3) is 0.539. The van der Waals surface area contributed by atoms with Gasteiger partial charge in [0.25, 0.3) is 23.8 Å². The number of nitrogens with zero attached hydrogens (tertiary/aromatic N) is 7. The number of aliphatic hydroxyl groups is 3. The molecule has 17 N–H and O–H groups in total. The number of nitrogens with two attached hydrogens (primary N) is 3. The summed E-state index contributed by atoms with van der Waals surface area (Å²) >= 11 is 0. The third-order valence-electron chi connectivity index (χ3n) is 25.5. The molecule has 1 unspecified atom stereocenters. The first-order chi connectivity index (χ1) is 64.5. The van der Waals surface area contributed by atoms with Gasteiger partial charge in [0, 0.05) is 152 Å². The number of methoxy groups -OCH3 is 1. The van der Waals surface area contributed by atoms with E-state index in [4.69, 9.17) is 79.4 Å². The van der Waals surface area contributed by atoms with Gasteiger partial charge in [-0.2, -0.15) is 52.9 Å². The Balaban J connectivity index is 0.00000166. The zero-order valence-electron chi connectivity index (χ0n) is 75.8. The number of anilines is 3. The number of aromatic amines is 2. The van der Waals surface area contributed by atoms with Gasteiger partial charge in [0.15, 0.2) is 34.3 Å². The highest BCUT2D eigenvalue weighted by atomic mass is 33.1. The number of nitrogens with one attached hydrogen (secondary N) is 8. The van der Waals surface area contributed by atoms with Crippen LogP contribution in [0.25, 0.3) is 22.1 Å². The van der Waals surface area contributed by atoms with Crippen molar-refractivity contribution >= 4 is 151 Å². The maximum atomic E-state index is 15.3. The summed E-state index contributed by atoms with van der Waals surface area (Å²) in [6.45, 7) is 12.9. The smallest absolute Gasteiger partial charge is 0.426 e. The molecule has 5 aliphatic heterocycles. The van der Waals surface area contributed by atoms with Gasteiger partial charge in [-0.3, -0.25) is 68.4 Å². The minimum Gasteiger partial charge on any atom is -0.496 e. The number of nitrogen functional groups attached to an aromatic ring is 1. The summed E-state index contributed by atoms with van der Waals surface area (Å²) in [5.41, 5.74) is 21.3. The molecule has 1 saturated carbocycles. The Morgan fingerprint density at radius 1 is 0.778 bits per heavy atom. The van der Waals surface area contributed by atoms with Crippen molar-refractivity contribution in [2.45, 2.75) is 196 Å². The zero-order chi connectivity index (χ0) is 99.5. The maximum Gasteiger partial charge on any atom is 0.426 e. The average Bonchev–Trinajstić information content (AvgIpc) is 1.47. The van der Waals surface area contributed by atoms with Crippen molar-refractivity contribution in [3.63, 3.8) is 0 Å². The number of amides is 5. The van der Waals surface area contributed by atoms with Gasteiger partial charge in [0.05, 0.1) is 54.7 Å². The minimum atomic E-state index is -2.53.